The summed E-state index contributed by atoms with van der Waals surface area (Å²) in [5, 5.41) is 7.07. The average molecular weight is 674 g/mol. The first-order valence-corrected chi connectivity index (χ1v) is 16.8. The fourth-order valence-corrected chi connectivity index (χ4v) is 5.86. The standard InChI is InChI=1S/C44H39N3O4/c1-48-39-19-13-33(14-20-39)45-34-29-31-44(32-30-34,46-35-15-21-40(49-2)22-16-35)51-43-27-25-42(26-28-43)50-41-23-17-38(18-24-41)47(36-9-5-3-6-10-36)37-11-7-4-8-12-37/h3-31,45-46H,32H2,1-2H3. The molecule has 0 bridgehead atoms. The lowest BCUT2D eigenvalue weighted by molar-refractivity contribution is 0.151. The summed E-state index contributed by atoms with van der Waals surface area (Å²) in [5.74, 6) is 3.75. The van der Waals surface area contributed by atoms with Crippen LogP contribution in [0, 0.1) is 0 Å². The lowest BCUT2D eigenvalue weighted by atomic mass is 10.0. The lowest BCUT2D eigenvalue weighted by Crippen LogP contribution is -2.43. The smallest absolute Gasteiger partial charge is 0.204 e. The summed E-state index contributed by atoms with van der Waals surface area (Å²) in [6.07, 6.45) is 6.77. The van der Waals surface area contributed by atoms with Crippen LogP contribution >= 0.6 is 0 Å². The third-order valence-corrected chi connectivity index (χ3v) is 8.47. The Morgan fingerprint density at radius 3 is 1.49 bits per heavy atom. The zero-order valence-electron chi connectivity index (χ0n) is 28.5. The van der Waals surface area contributed by atoms with Crippen LogP contribution in [0.25, 0.3) is 0 Å². The van der Waals surface area contributed by atoms with Crippen LogP contribution < -0.4 is 34.5 Å². The van der Waals surface area contributed by atoms with Gasteiger partial charge in [-0.2, -0.15) is 0 Å². The van der Waals surface area contributed by atoms with Gasteiger partial charge in [-0.1, -0.05) is 42.5 Å². The van der Waals surface area contributed by atoms with Crippen molar-refractivity contribution in [3.63, 3.8) is 0 Å². The largest absolute Gasteiger partial charge is 0.497 e. The van der Waals surface area contributed by atoms with Gasteiger partial charge < -0.3 is 34.5 Å². The molecule has 0 aromatic heterocycles. The minimum absolute atomic E-state index is 0.571. The van der Waals surface area contributed by atoms with E-state index in [0.29, 0.717) is 17.9 Å². The van der Waals surface area contributed by atoms with E-state index in [1.165, 1.54) is 0 Å². The number of benzene rings is 6. The van der Waals surface area contributed by atoms with Crippen molar-refractivity contribution in [1.82, 2.24) is 0 Å². The monoisotopic (exact) mass is 673 g/mol. The first-order valence-electron chi connectivity index (χ1n) is 16.8. The number of hydrogen-bond donors (Lipinski definition) is 2. The summed E-state index contributed by atoms with van der Waals surface area (Å²) in [6.45, 7) is 0. The zero-order valence-corrected chi connectivity index (χ0v) is 28.5. The zero-order chi connectivity index (χ0) is 34.9. The molecule has 7 rings (SSSR count). The molecule has 1 aliphatic carbocycles. The number of methoxy groups -OCH3 is 2. The highest BCUT2D eigenvalue weighted by molar-refractivity contribution is 5.76. The molecule has 0 amide bonds. The van der Waals surface area contributed by atoms with Gasteiger partial charge in [0.2, 0.25) is 5.72 Å². The molecule has 0 saturated carbocycles. The Morgan fingerprint density at radius 1 is 0.510 bits per heavy atom. The van der Waals surface area contributed by atoms with Crippen molar-refractivity contribution in [3.05, 3.63) is 182 Å². The van der Waals surface area contributed by atoms with Crippen LogP contribution in [0.2, 0.25) is 0 Å². The molecule has 0 aliphatic heterocycles. The fourth-order valence-electron chi connectivity index (χ4n) is 5.86. The molecule has 0 heterocycles. The molecule has 0 saturated heterocycles. The van der Waals surface area contributed by atoms with Crippen molar-refractivity contribution < 1.29 is 18.9 Å². The van der Waals surface area contributed by atoms with Crippen LogP contribution in [0.3, 0.4) is 0 Å². The molecule has 1 atom stereocenters. The van der Waals surface area contributed by atoms with Crippen molar-refractivity contribution in [1.29, 1.82) is 0 Å². The predicted octanol–water partition coefficient (Wildman–Crippen LogP) is 11.1. The number of para-hydroxylation sites is 2. The Balaban J connectivity index is 1.05. The van der Waals surface area contributed by atoms with Gasteiger partial charge in [-0.15, -0.1) is 0 Å². The van der Waals surface area contributed by atoms with Crippen LogP contribution in [0.4, 0.5) is 28.4 Å². The maximum absolute atomic E-state index is 6.68. The minimum atomic E-state index is -0.832. The van der Waals surface area contributed by atoms with E-state index in [4.69, 9.17) is 18.9 Å². The maximum atomic E-state index is 6.68. The normalized spacial score (nSPS) is 14.9. The highest BCUT2D eigenvalue weighted by Gasteiger charge is 2.31. The Kier molecular flexibility index (Phi) is 9.88. The van der Waals surface area contributed by atoms with Crippen molar-refractivity contribution >= 4 is 28.4 Å². The number of anilines is 5. The average Bonchev–Trinajstić information content (AvgIpc) is 3.19. The van der Waals surface area contributed by atoms with Crippen LogP contribution in [0.5, 0.6) is 28.7 Å². The molecule has 2 N–H and O–H groups in total. The highest BCUT2D eigenvalue weighted by Crippen LogP contribution is 2.36. The summed E-state index contributed by atoms with van der Waals surface area (Å²) in [7, 11) is 3.32. The lowest BCUT2D eigenvalue weighted by Gasteiger charge is -2.35. The van der Waals surface area contributed by atoms with Crippen LogP contribution in [-0.2, 0) is 0 Å². The summed E-state index contributed by atoms with van der Waals surface area (Å²) in [5.41, 5.74) is 5.22. The van der Waals surface area contributed by atoms with E-state index in [1.807, 2.05) is 133 Å². The van der Waals surface area contributed by atoms with E-state index in [0.717, 1.165) is 51.4 Å². The van der Waals surface area contributed by atoms with Gasteiger partial charge in [0, 0.05) is 40.6 Å². The quantitative estimate of drug-likeness (QED) is 0.118. The molecule has 254 valence electrons. The fraction of sp³-hybridized carbons (Fsp3) is 0.0909. The summed E-state index contributed by atoms with van der Waals surface area (Å²) in [6, 6.07) is 52.1. The van der Waals surface area contributed by atoms with E-state index in [2.05, 4.69) is 58.0 Å². The maximum Gasteiger partial charge on any atom is 0.204 e. The van der Waals surface area contributed by atoms with Gasteiger partial charge >= 0.3 is 0 Å². The van der Waals surface area contributed by atoms with Crippen LogP contribution in [-0.4, -0.2) is 19.9 Å². The molecule has 1 unspecified atom stereocenters. The van der Waals surface area contributed by atoms with Crippen LogP contribution in [0.1, 0.15) is 6.42 Å². The van der Waals surface area contributed by atoms with Crippen molar-refractivity contribution in [2.24, 2.45) is 0 Å². The molecule has 0 radical (unpaired) electrons. The van der Waals surface area contributed by atoms with E-state index >= 15 is 0 Å². The van der Waals surface area contributed by atoms with E-state index < -0.39 is 5.72 Å². The molecule has 51 heavy (non-hydrogen) atoms. The topological polar surface area (TPSA) is 64.2 Å². The number of hydrogen-bond acceptors (Lipinski definition) is 7. The van der Waals surface area contributed by atoms with Crippen molar-refractivity contribution in [2.75, 3.05) is 29.8 Å². The Morgan fingerprint density at radius 2 is 0.980 bits per heavy atom. The van der Waals surface area contributed by atoms with Gasteiger partial charge in [-0.25, -0.2) is 0 Å². The number of nitrogens with zero attached hydrogens (tertiary/aromatic N) is 1. The van der Waals surface area contributed by atoms with Crippen molar-refractivity contribution in [2.45, 2.75) is 12.1 Å². The van der Waals surface area contributed by atoms with Crippen LogP contribution in [0.15, 0.2) is 182 Å². The SMILES string of the molecule is COc1ccc(NC2=CCC(Nc3ccc(OC)cc3)(Oc3ccc(Oc4ccc(N(c5ccccc5)c5ccccc5)cc4)cc3)C=C2)cc1. The Hall–Kier alpha value is -6.60. The summed E-state index contributed by atoms with van der Waals surface area (Å²) >= 11 is 0. The second-order valence-electron chi connectivity index (χ2n) is 12.0. The van der Waals surface area contributed by atoms with Gasteiger partial charge in [0.1, 0.15) is 28.7 Å². The number of ether oxygens (including phenoxy) is 4. The first-order chi connectivity index (χ1) is 25.1. The molecular formula is C44H39N3O4. The van der Waals surface area contributed by atoms with Gasteiger partial charge in [0.15, 0.2) is 0 Å². The molecule has 1 aliphatic rings. The predicted molar refractivity (Wildman–Crippen MR) is 206 cm³/mol. The first kappa shape index (κ1) is 32.9. The van der Waals surface area contributed by atoms with E-state index in [-0.39, 0.29) is 0 Å². The molecule has 7 nitrogen and oxygen atoms in total. The third kappa shape index (κ3) is 8.17. The minimum Gasteiger partial charge on any atom is -0.497 e. The number of rotatable bonds is 13. The summed E-state index contributed by atoms with van der Waals surface area (Å²) in [4.78, 5) is 2.22. The van der Waals surface area contributed by atoms with E-state index in [1.54, 1.807) is 14.2 Å². The van der Waals surface area contributed by atoms with E-state index in [9.17, 15) is 0 Å². The number of allylic oxidation sites excluding steroid dienone is 1. The number of nitrogens with one attached hydrogen (secondary N) is 2. The second kappa shape index (κ2) is 15.3. The van der Waals surface area contributed by atoms with Gasteiger partial charge in [0.05, 0.1) is 14.2 Å². The molecule has 6 aromatic rings. The third-order valence-electron chi connectivity index (χ3n) is 8.47. The molecule has 7 heteroatoms. The second-order valence-corrected chi connectivity index (χ2v) is 12.0. The van der Waals surface area contributed by atoms with Gasteiger partial charge in [-0.3, -0.25) is 0 Å². The highest BCUT2D eigenvalue weighted by atomic mass is 16.5. The Labute approximate surface area is 299 Å². The Bertz CT molecular complexity index is 2030. The van der Waals surface area contributed by atoms with Crippen molar-refractivity contribution in [3.8, 4) is 28.7 Å². The molecular weight excluding hydrogens is 635 g/mol. The van der Waals surface area contributed by atoms with Gasteiger partial charge in [0.25, 0.3) is 0 Å². The molecule has 0 spiro atoms. The summed E-state index contributed by atoms with van der Waals surface area (Å²) < 4.78 is 23.6. The molecule has 0 fully saturated rings. The van der Waals surface area contributed by atoms with Gasteiger partial charge in [-0.05, 0) is 133 Å². The molecule has 6 aromatic carbocycles.